The van der Waals surface area contributed by atoms with Crippen molar-refractivity contribution in [3.8, 4) is 5.82 Å². The molecule has 0 aliphatic heterocycles. The zero-order chi connectivity index (χ0) is 20.1. The van der Waals surface area contributed by atoms with Gasteiger partial charge in [0, 0.05) is 11.9 Å². The van der Waals surface area contributed by atoms with Crippen LogP contribution in [0.1, 0.15) is 47.2 Å². The molecule has 7 heteroatoms. The lowest BCUT2D eigenvalue weighted by molar-refractivity contribution is 0.0378. The average Bonchev–Trinajstić information content (AvgIpc) is 3.13. The molecule has 1 N–H and O–H groups in total. The number of esters is 1. The van der Waals surface area contributed by atoms with E-state index in [-0.39, 0.29) is 12.0 Å². The zero-order valence-corrected chi connectivity index (χ0v) is 16.0. The highest BCUT2D eigenvalue weighted by atomic mass is 16.5. The number of hydrogen-bond acceptors (Lipinski definition) is 5. The minimum atomic E-state index is -0.391. The number of carbonyl (C=O) groups is 2. The maximum absolute atomic E-state index is 12.7. The predicted molar refractivity (Wildman–Crippen MR) is 106 cm³/mol. The number of aromatic nitrogens is 3. The van der Waals surface area contributed by atoms with Crippen LogP contribution in [0.3, 0.4) is 0 Å². The van der Waals surface area contributed by atoms with Crippen LogP contribution in [0.25, 0.3) is 5.82 Å². The second-order valence-corrected chi connectivity index (χ2v) is 6.44. The topological polar surface area (TPSA) is 86.1 Å². The van der Waals surface area contributed by atoms with E-state index in [1.54, 1.807) is 49.0 Å². The third-order valence-electron chi connectivity index (χ3n) is 4.04. The number of pyridine rings is 1. The van der Waals surface area contributed by atoms with Crippen LogP contribution in [-0.4, -0.2) is 32.7 Å². The molecule has 2 heterocycles. The summed E-state index contributed by atoms with van der Waals surface area (Å²) >= 11 is 0. The number of carbonyl (C=O) groups excluding carboxylic acids is 2. The molecule has 3 aromatic rings. The van der Waals surface area contributed by atoms with Crippen LogP contribution in [0.15, 0.2) is 54.9 Å². The Balaban J connectivity index is 1.77. The molecule has 7 nitrogen and oxygen atoms in total. The molecule has 0 bridgehead atoms. The SMILES string of the molecule is CCc1c(C(=O)Nc2ccc(C(=O)OC(C)C)cc2)cnn1-c1ccccn1. The maximum Gasteiger partial charge on any atom is 0.338 e. The van der Waals surface area contributed by atoms with E-state index in [1.807, 2.05) is 25.1 Å². The highest BCUT2D eigenvalue weighted by Gasteiger charge is 2.18. The number of nitrogens with one attached hydrogen (secondary N) is 1. The Labute approximate surface area is 163 Å². The second-order valence-electron chi connectivity index (χ2n) is 6.44. The van der Waals surface area contributed by atoms with Gasteiger partial charge < -0.3 is 10.1 Å². The van der Waals surface area contributed by atoms with Gasteiger partial charge in [-0.25, -0.2) is 14.5 Å². The molecule has 0 aliphatic rings. The van der Waals surface area contributed by atoms with Crippen LogP contribution in [-0.2, 0) is 11.2 Å². The molecule has 3 rings (SSSR count). The number of rotatable bonds is 6. The summed E-state index contributed by atoms with van der Waals surface area (Å²) in [5.41, 5.74) is 2.27. The number of hydrogen-bond donors (Lipinski definition) is 1. The third-order valence-corrected chi connectivity index (χ3v) is 4.04. The summed E-state index contributed by atoms with van der Waals surface area (Å²) in [6, 6.07) is 12.1. The van der Waals surface area contributed by atoms with E-state index in [9.17, 15) is 9.59 Å². The van der Waals surface area contributed by atoms with Crippen molar-refractivity contribution >= 4 is 17.6 Å². The Bertz CT molecular complexity index is 963. The first-order chi connectivity index (χ1) is 13.5. The maximum atomic E-state index is 12.7. The molecular formula is C21H22N4O3. The smallest absolute Gasteiger partial charge is 0.338 e. The molecule has 0 unspecified atom stereocenters. The second kappa shape index (κ2) is 8.47. The number of nitrogens with zero attached hydrogens (tertiary/aromatic N) is 3. The van der Waals surface area contributed by atoms with Gasteiger partial charge in [-0.1, -0.05) is 13.0 Å². The molecule has 0 fully saturated rings. The largest absolute Gasteiger partial charge is 0.459 e. The van der Waals surface area contributed by atoms with Crippen LogP contribution >= 0.6 is 0 Å². The van der Waals surface area contributed by atoms with Crippen LogP contribution in [0, 0.1) is 0 Å². The van der Waals surface area contributed by atoms with Crippen LogP contribution in [0.2, 0.25) is 0 Å². The summed E-state index contributed by atoms with van der Waals surface area (Å²) in [6.45, 7) is 5.55. The first kappa shape index (κ1) is 19.3. The Morgan fingerprint density at radius 1 is 1.14 bits per heavy atom. The Morgan fingerprint density at radius 3 is 2.50 bits per heavy atom. The molecule has 0 radical (unpaired) electrons. The number of benzene rings is 1. The fourth-order valence-electron chi connectivity index (χ4n) is 2.75. The van der Waals surface area contributed by atoms with Crippen molar-refractivity contribution in [1.82, 2.24) is 14.8 Å². The molecule has 2 aromatic heterocycles. The van der Waals surface area contributed by atoms with E-state index in [2.05, 4.69) is 15.4 Å². The van der Waals surface area contributed by atoms with Gasteiger partial charge in [-0.3, -0.25) is 4.79 Å². The molecule has 0 saturated carbocycles. The molecule has 0 atom stereocenters. The summed E-state index contributed by atoms with van der Waals surface area (Å²) in [5, 5.41) is 7.16. The van der Waals surface area contributed by atoms with Gasteiger partial charge in [-0.2, -0.15) is 5.10 Å². The fourth-order valence-corrected chi connectivity index (χ4v) is 2.75. The highest BCUT2D eigenvalue weighted by Crippen LogP contribution is 2.17. The van der Waals surface area contributed by atoms with Crippen LogP contribution in [0.4, 0.5) is 5.69 Å². The molecule has 0 aliphatic carbocycles. The van der Waals surface area contributed by atoms with Gasteiger partial charge in [0.05, 0.1) is 29.1 Å². The van der Waals surface area contributed by atoms with Gasteiger partial charge in [0.2, 0.25) is 0 Å². The van der Waals surface area contributed by atoms with E-state index in [4.69, 9.17) is 4.74 Å². The Hall–Kier alpha value is -3.48. The standard InChI is InChI=1S/C21H22N4O3/c1-4-18-17(13-23-25(18)19-7-5-6-12-22-19)20(26)24-16-10-8-15(9-11-16)21(27)28-14(2)3/h5-14H,4H2,1-3H3,(H,24,26). The van der Waals surface area contributed by atoms with Gasteiger partial charge in [0.25, 0.3) is 5.91 Å². The van der Waals surface area contributed by atoms with Crippen LogP contribution in [0.5, 0.6) is 0 Å². The molecule has 0 saturated heterocycles. The predicted octanol–water partition coefficient (Wildman–Crippen LogP) is 3.65. The minimum absolute atomic E-state index is 0.185. The molecule has 144 valence electrons. The number of anilines is 1. The summed E-state index contributed by atoms with van der Waals surface area (Å²) < 4.78 is 6.82. The van der Waals surface area contributed by atoms with Crippen molar-refractivity contribution in [2.45, 2.75) is 33.3 Å². The van der Waals surface area contributed by atoms with Crippen molar-refractivity contribution in [3.05, 3.63) is 71.7 Å². The normalized spacial score (nSPS) is 10.7. The van der Waals surface area contributed by atoms with E-state index in [1.165, 1.54) is 6.20 Å². The van der Waals surface area contributed by atoms with Gasteiger partial charge in [-0.05, 0) is 56.7 Å². The first-order valence-electron chi connectivity index (χ1n) is 9.10. The van der Waals surface area contributed by atoms with Crippen molar-refractivity contribution in [2.75, 3.05) is 5.32 Å². The van der Waals surface area contributed by atoms with E-state index < -0.39 is 5.97 Å². The lowest BCUT2D eigenvalue weighted by Crippen LogP contribution is -2.15. The molecule has 0 spiro atoms. The van der Waals surface area contributed by atoms with E-state index in [0.717, 1.165) is 5.69 Å². The Kier molecular flexibility index (Phi) is 5.84. The summed E-state index contributed by atoms with van der Waals surface area (Å²) in [7, 11) is 0. The molecule has 1 aromatic carbocycles. The van der Waals surface area contributed by atoms with Crippen molar-refractivity contribution in [2.24, 2.45) is 0 Å². The quantitative estimate of drug-likeness (QED) is 0.662. The monoisotopic (exact) mass is 378 g/mol. The average molecular weight is 378 g/mol. The molecule has 28 heavy (non-hydrogen) atoms. The summed E-state index contributed by atoms with van der Waals surface area (Å²) in [4.78, 5) is 28.9. The van der Waals surface area contributed by atoms with E-state index >= 15 is 0 Å². The van der Waals surface area contributed by atoms with Gasteiger partial charge in [0.15, 0.2) is 5.82 Å². The third kappa shape index (κ3) is 4.25. The highest BCUT2D eigenvalue weighted by molar-refractivity contribution is 6.05. The molecular weight excluding hydrogens is 356 g/mol. The van der Waals surface area contributed by atoms with Crippen LogP contribution < -0.4 is 5.32 Å². The van der Waals surface area contributed by atoms with Crippen molar-refractivity contribution < 1.29 is 14.3 Å². The first-order valence-corrected chi connectivity index (χ1v) is 9.10. The lowest BCUT2D eigenvalue weighted by Gasteiger charge is -2.09. The van der Waals surface area contributed by atoms with Crippen molar-refractivity contribution in [1.29, 1.82) is 0 Å². The Morgan fingerprint density at radius 2 is 1.89 bits per heavy atom. The summed E-state index contributed by atoms with van der Waals surface area (Å²) in [5.74, 6) is 0.000684. The number of amides is 1. The van der Waals surface area contributed by atoms with Gasteiger partial charge >= 0.3 is 5.97 Å². The lowest BCUT2D eigenvalue weighted by atomic mass is 10.1. The van der Waals surface area contributed by atoms with Gasteiger partial charge in [-0.15, -0.1) is 0 Å². The van der Waals surface area contributed by atoms with Crippen molar-refractivity contribution in [3.63, 3.8) is 0 Å². The number of ether oxygens (including phenoxy) is 1. The zero-order valence-electron chi connectivity index (χ0n) is 16.0. The van der Waals surface area contributed by atoms with Gasteiger partial charge in [0.1, 0.15) is 0 Å². The fraction of sp³-hybridized carbons (Fsp3) is 0.238. The minimum Gasteiger partial charge on any atom is -0.459 e. The molecule has 1 amide bonds. The van der Waals surface area contributed by atoms with E-state index in [0.29, 0.717) is 29.1 Å². The summed E-state index contributed by atoms with van der Waals surface area (Å²) in [6.07, 6.45) is 3.66.